The van der Waals surface area contributed by atoms with Crippen LogP contribution in [0.2, 0.25) is 0 Å². The van der Waals surface area contributed by atoms with E-state index in [1.165, 1.54) is 24.8 Å². The van der Waals surface area contributed by atoms with E-state index in [9.17, 15) is 19.7 Å². The van der Waals surface area contributed by atoms with Crippen LogP contribution >= 0.6 is 11.8 Å². The molecule has 3 rings (SSSR count). The summed E-state index contributed by atoms with van der Waals surface area (Å²) in [5, 5.41) is 22.9. The van der Waals surface area contributed by atoms with Crippen LogP contribution in [-0.2, 0) is 17.6 Å². The molecule has 178 valence electrons. The maximum atomic E-state index is 14.3. The van der Waals surface area contributed by atoms with Gasteiger partial charge in [-0.1, -0.05) is 13.0 Å². The van der Waals surface area contributed by atoms with Crippen molar-refractivity contribution in [2.45, 2.75) is 38.1 Å². The van der Waals surface area contributed by atoms with Crippen molar-refractivity contribution < 1.29 is 9.18 Å². The standard InChI is InChI=1S/C25H29FN6OS/c1-4-19-20(15-27)24(32-10-5-9-31(3)11-12-32)30-25(21(19)16-28)34-13-8-18-6-7-23(22(26)14-18)29-17(2)33/h6-7,14H,4-5,8-13H2,1-3H3,(H,29,33). The quantitative estimate of drug-likeness (QED) is 0.599. The molecule has 1 fully saturated rings. The summed E-state index contributed by atoms with van der Waals surface area (Å²) in [6.07, 6.45) is 2.12. The molecule has 34 heavy (non-hydrogen) atoms. The van der Waals surface area contributed by atoms with Gasteiger partial charge in [-0.2, -0.15) is 10.5 Å². The zero-order chi connectivity index (χ0) is 24.7. The van der Waals surface area contributed by atoms with Gasteiger partial charge >= 0.3 is 0 Å². The van der Waals surface area contributed by atoms with E-state index in [1.807, 2.05) is 6.92 Å². The highest BCUT2D eigenvalue weighted by Gasteiger charge is 2.24. The third-order valence-electron chi connectivity index (χ3n) is 5.82. The minimum atomic E-state index is -0.478. The number of hydrogen-bond donors (Lipinski definition) is 1. The minimum Gasteiger partial charge on any atom is -0.354 e. The summed E-state index contributed by atoms with van der Waals surface area (Å²) in [4.78, 5) is 20.4. The molecule has 1 aliphatic heterocycles. The number of pyridine rings is 1. The van der Waals surface area contributed by atoms with Crippen molar-refractivity contribution in [3.05, 3.63) is 46.3 Å². The van der Waals surface area contributed by atoms with Crippen molar-refractivity contribution in [2.24, 2.45) is 0 Å². The summed E-state index contributed by atoms with van der Waals surface area (Å²) in [5.41, 5.74) is 2.62. The lowest BCUT2D eigenvalue weighted by atomic mass is 10.0. The molecular weight excluding hydrogens is 451 g/mol. The Labute approximate surface area is 204 Å². The van der Waals surface area contributed by atoms with Crippen LogP contribution in [-0.4, -0.2) is 54.8 Å². The SMILES string of the molecule is CCc1c(C#N)c(SCCc2ccc(NC(C)=O)c(F)c2)nc(N2CCCN(C)CC2)c1C#N. The van der Waals surface area contributed by atoms with Crippen LogP contribution in [0.15, 0.2) is 23.2 Å². The fraction of sp³-hybridized carbons (Fsp3) is 0.440. The molecule has 1 amide bonds. The number of hydrogen-bond acceptors (Lipinski definition) is 7. The Kier molecular flexibility index (Phi) is 8.86. The van der Waals surface area contributed by atoms with Crippen molar-refractivity contribution in [1.82, 2.24) is 9.88 Å². The Morgan fingerprint density at radius 3 is 2.62 bits per heavy atom. The third-order valence-corrected chi connectivity index (χ3v) is 6.80. The third kappa shape index (κ3) is 6.05. The molecule has 7 nitrogen and oxygen atoms in total. The lowest BCUT2D eigenvalue weighted by Gasteiger charge is -2.25. The smallest absolute Gasteiger partial charge is 0.221 e. The van der Waals surface area contributed by atoms with Gasteiger partial charge in [0.2, 0.25) is 5.91 Å². The summed E-state index contributed by atoms with van der Waals surface area (Å²) in [7, 11) is 2.09. The van der Waals surface area contributed by atoms with Crippen LogP contribution < -0.4 is 10.2 Å². The van der Waals surface area contributed by atoms with Crippen molar-refractivity contribution in [3.63, 3.8) is 0 Å². The topological polar surface area (TPSA) is 96.0 Å². The van der Waals surface area contributed by atoms with Gasteiger partial charge in [-0.25, -0.2) is 9.37 Å². The Bertz CT molecular complexity index is 1140. The number of halogens is 1. The molecule has 1 N–H and O–H groups in total. The first kappa shape index (κ1) is 25.5. The Balaban J connectivity index is 1.84. The molecule has 1 aromatic carbocycles. The van der Waals surface area contributed by atoms with Crippen molar-refractivity contribution in [3.8, 4) is 12.1 Å². The molecule has 1 aromatic heterocycles. The second kappa shape index (κ2) is 11.8. The minimum absolute atomic E-state index is 0.157. The molecule has 2 heterocycles. The number of aromatic nitrogens is 1. The molecule has 0 aliphatic carbocycles. The fourth-order valence-electron chi connectivity index (χ4n) is 4.05. The van der Waals surface area contributed by atoms with Gasteiger partial charge in [0, 0.05) is 32.3 Å². The van der Waals surface area contributed by atoms with E-state index in [-0.39, 0.29) is 11.6 Å². The molecule has 0 unspecified atom stereocenters. The molecule has 1 aliphatic rings. The van der Waals surface area contributed by atoms with Crippen LogP contribution in [0.25, 0.3) is 0 Å². The van der Waals surface area contributed by atoms with E-state index in [1.54, 1.807) is 12.1 Å². The van der Waals surface area contributed by atoms with E-state index in [0.29, 0.717) is 40.6 Å². The van der Waals surface area contributed by atoms with E-state index < -0.39 is 5.82 Å². The number of aryl methyl sites for hydroxylation is 1. The van der Waals surface area contributed by atoms with Gasteiger partial charge in [0.05, 0.1) is 16.8 Å². The second-order valence-corrected chi connectivity index (χ2v) is 9.37. The number of carbonyl (C=O) groups is 1. The van der Waals surface area contributed by atoms with Crippen molar-refractivity contribution in [2.75, 3.05) is 49.2 Å². The number of benzene rings is 1. The van der Waals surface area contributed by atoms with E-state index in [4.69, 9.17) is 4.98 Å². The zero-order valence-electron chi connectivity index (χ0n) is 19.8. The number of nitriles is 2. The van der Waals surface area contributed by atoms with Gasteiger partial charge in [-0.05, 0) is 56.1 Å². The van der Waals surface area contributed by atoms with Crippen LogP contribution in [0.3, 0.4) is 0 Å². The number of anilines is 2. The molecule has 0 atom stereocenters. The average Bonchev–Trinajstić information content (AvgIpc) is 3.03. The van der Waals surface area contributed by atoms with Crippen LogP contribution in [0.5, 0.6) is 0 Å². The summed E-state index contributed by atoms with van der Waals surface area (Å²) in [6.45, 7) is 6.75. The summed E-state index contributed by atoms with van der Waals surface area (Å²) >= 11 is 1.45. The van der Waals surface area contributed by atoms with E-state index in [0.717, 1.165) is 43.7 Å². The highest BCUT2D eigenvalue weighted by molar-refractivity contribution is 7.99. The Morgan fingerprint density at radius 2 is 1.97 bits per heavy atom. The van der Waals surface area contributed by atoms with Gasteiger partial charge in [0.25, 0.3) is 0 Å². The Morgan fingerprint density at radius 1 is 1.21 bits per heavy atom. The van der Waals surface area contributed by atoms with Gasteiger partial charge in [-0.3, -0.25) is 4.79 Å². The first-order chi connectivity index (χ1) is 16.4. The molecule has 0 bridgehead atoms. The number of thioether (sulfide) groups is 1. The summed E-state index contributed by atoms with van der Waals surface area (Å²) < 4.78 is 14.3. The van der Waals surface area contributed by atoms with Gasteiger partial charge in [0.15, 0.2) is 0 Å². The number of carbonyl (C=O) groups excluding carboxylic acids is 1. The van der Waals surface area contributed by atoms with Crippen molar-refractivity contribution >= 4 is 29.2 Å². The first-order valence-corrected chi connectivity index (χ1v) is 12.4. The van der Waals surface area contributed by atoms with E-state index in [2.05, 4.69) is 34.3 Å². The summed E-state index contributed by atoms with van der Waals surface area (Å²) in [5.74, 6) is 0.449. The number of nitrogens with zero attached hydrogens (tertiary/aromatic N) is 5. The lowest BCUT2D eigenvalue weighted by Crippen LogP contribution is -2.30. The lowest BCUT2D eigenvalue weighted by molar-refractivity contribution is -0.114. The molecular formula is C25H29FN6OS. The number of amides is 1. The predicted octanol–water partition coefficient (Wildman–Crippen LogP) is 3.96. The number of likely N-dealkylation sites (N-methyl/N-ethyl adjacent to an activating group) is 1. The molecule has 0 spiro atoms. The fourth-order valence-corrected chi connectivity index (χ4v) is 5.04. The van der Waals surface area contributed by atoms with Crippen LogP contribution in [0, 0.1) is 28.5 Å². The summed E-state index contributed by atoms with van der Waals surface area (Å²) in [6, 6.07) is 9.32. The maximum absolute atomic E-state index is 14.3. The van der Waals surface area contributed by atoms with Crippen LogP contribution in [0.1, 0.15) is 42.5 Å². The van der Waals surface area contributed by atoms with E-state index >= 15 is 0 Å². The number of nitrogens with one attached hydrogen (secondary N) is 1. The van der Waals surface area contributed by atoms with Gasteiger partial charge < -0.3 is 15.1 Å². The van der Waals surface area contributed by atoms with Gasteiger partial charge in [0.1, 0.15) is 28.8 Å². The van der Waals surface area contributed by atoms with Crippen molar-refractivity contribution in [1.29, 1.82) is 10.5 Å². The average molecular weight is 481 g/mol. The predicted molar refractivity (Wildman–Crippen MR) is 133 cm³/mol. The Hall–Kier alpha value is -3.14. The van der Waals surface area contributed by atoms with Crippen LogP contribution in [0.4, 0.5) is 15.9 Å². The second-order valence-electron chi connectivity index (χ2n) is 8.28. The molecule has 9 heteroatoms. The first-order valence-electron chi connectivity index (χ1n) is 11.4. The highest BCUT2D eigenvalue weighted by Crippen LogP contribution is 2.33. The molecule has 1 saturated heterocycles. The van der Waals surface area contributed by atoms with Gasteiger partial charge in [-0.15, -0.1) is 11.8 Å². The largest absolute Gasteiger partial charge is 0.354 e. The molecule has 0 radical (unpaired) electrons. The number of rotatable bonds is 7. The zero-order valence-corrected chi connectivity index (χ0v) is 20.6. The normalized spacial score (nSPS) is 14.2. The monoisotopic (exact) mass is 480 g/mol. The molecule has 2 aromatic rings. The maximum Gasteiger partial charge on any atom is 0.221 e. The molecule has 0 saturated carbocycles. The highest BCUT2D eigenvalue weighted by atomic mass is 32.2.